The van der Waals surface area contributed by atoms with E-state index in [1.165, 1.54) is 0 Å². The molecule has 0 bridgehead atoms. The highest BCUT2D eigenvalue weighted by molar-refractivity contribution is 5.72. The van der Waals surface area contributed by atoms with E-state index in [2.05, 4.69) is 11.8 Å². The van der Waals surface area contributed by atoms with Crippen LogP contribution in [0.5, 0.6) is 0 Å². The maximum Gasteiger partial charge on any atom is 0.320 e. The van der Waals surface area contributed by atoms with Gasteiger partial charge in [0.05, 0.1) is 6.54 Å². The first-order valence-electron chi connectivity index (χ1n) is 4.30. The lowest BCUT2D eigenvalue weighted by Gasteiger charge is -2.27. The number of morpholine rings is 1. The number of carbonyl (C=O) groups is 1. The van der Waals surface area contributed by atoms with E-state index in [-0.39, 0.29) is 5.97 Å². The molecule has 1 aliphatic heterocycles. The van der Waals surface area contributed by atoms with Gasteiger partial charge in [0, 0.05) is 13.1 Å². The largest absolute Gasteiger partial charge is 0.463 e. The molecule has 2 N–H and O–H groups in total. The second kappa shape index (κ2) is 4.42. The molecule has 0 spiro atoms. The van der Waals surface area contributed by atoms with E-state index in [4.69, 9.17) is 10.5 Å². The first-order chi connectivity index (χ1) is 5.72. The van der Waals surface area contributed by atoms with Gasteiger partial charge in [0.1, 0.15) is 6.61 Å². The predicted molar refractivity (Wildman–Crippen MR) is 45.6 cm³/mol. The molecule has 1 fully saturated rings. The highest BCUT2D eigenvalue weighted by Crippen LogP contribution is 2.02. The highest BCUT2D eigenvalue weighted by atomic mass is 16.5. The summed E-state index contributed by atoms with van der Waals surface area (Å²) >= 11 is 0. The van der Waals surface area contributed by atoms with Gasteiger partial charge in [-0.2, -0.15) is 0 Å². The fraction of sp³-hybridized carbons (Fsp3) is 0.875. The van der Waals surface area contributed by atoms with Gasteiger partial charge in [-0.3, -0.25) is 9.69 Å². The summed E-state index contributed by atoms with van der Waals surface area (Å²) in [7, 11) is 0. The number of carbonyl (C=O) groups excluding carboxylic acids is 1. The molecular weight excluding hydrogens is 156 g/mol. The van der Waals surface area contributed by atoms with Gasteiger partial charge >= 0.3 is 5.97 Å². The normalized spacial score (nSPS) is 22.0. The molecule has 0 amide bonds. The fourth-order valence-electron chi connectivity index (χ4n) is 1.27. The van der Waals surface area contributed by atoms with Crippen molar-refractivity contribution < 1.29 is 9.53 Å². The number of cyclic esters (lactones) is 1. The summed E-state index contributed by atoms with van der Waals surface area (Å²) in [5, 5.41) is 0. The zero-order valence-corrected chi connectivity index (χ0v) is 7.45. The number of ether oxygens (including phenoxy) is 1. The molecule has 70 valence electrons. The summed E-state index contributed by atoms with van der Waals surface area (Å²) in [6.45, 7) is 5.44. The van der Waals surface area contributed by atoms with Crippen molar-refractivity contribution in [2.75, 3.05) is 32.8 Å². The van der Waals surface area contributed by atoms with E-state index in [1.807, 2.05) is 0 Å². The third-order valence-electron chi connectivity index (χ3n) is 2.00. The second-order valence-electron chi connectivity index (χ2n) is 3.30. The van der Waals surface area contributed by atoms with Crippen molar-refractivity contribution in [3.63, 3.8) is 0 Å². The number of hydrogen-bond acceptors (Lipinski definition) is 4. The van der Waals surface area contributed by atoms with Crippen molar-refractivity contribution in [1.82, 2.24) is 4.90 Å². The number of nitrogens with zero attached hydrogens (tertiary/aromatic N) is 1. The van der Waals surface area contributed by atoms with Crippen molar-refractivity contribution in [3.8, 4) is 0 Å². The molecule has 1 saturated heterocycles. The third-order valence-corrected chi connectivity index (χ3v) is 2.00. The van der Waals surface area contributed by atoms with Crippen molar-refractivity contribution >= 4 is 5.97 Å². The SMILES string of the molecule is CC(CN)CN1CCOC(=O)C1. The Hall–Kier alpha value is -0.610. The molecule has 0 aliphatic carbocycles. The molecule has 0 aromatic heterocycles. The van der Waals surface area contributed by atoms with Crippen LogP contribution in [0.3, 0.4) is 0 Å². The van der Waals surface area contributed by atoms with Crippen molar-refractivity contribution in [3.05, 3.63) is 0 Å². The Labute approximate surface area is 72.7 Å². The maximum atomic E-state index is 10.8. The number of nitrogens with two attached hydrogens (primary N) is 1. The van der Waals surface area contributed by atoms with Gasteiger partial charge in [0.15, 0.2) is 0 Å². The average Bonchev–Trinajstić information content (AvgIpc) is 2.04. The van der Waals surface area contributed by atoms with Crippen LogP contribution in [0.4, 0.5) is 0 Å². The minimum Gasteiger partial charge on any atom is -0.463 e. The first-order valence-corrected chi connectivity index (χ1v) is 4.30. The molecule has 1 aliphatic rings. The average molecular weight is 172 g/mol. The van der Waals surface area contributed by atoms with E-state index in [0.717, 1.165) is 13.1 Å². The molecule has 0 aromatic rings. The molecule has 0 aromatic carbocycles. The lowest BCUT2D eigenvalue weighted by atomic mass is 10.1. The van der Waals surface area contributed by atoms with Gasteiger partial charge < -0.3 is 10.5 Å². The molecular formula is C8H16N2O2. The summed E-state index contributed by atoms with van der Waals surface area (Å²) in [5.74, 6) is 0.335. The van der Waals surface area contributed by atoms with E-state index in [1.54, 1.807) is 0 Å². The Balaban J connectivity index is 2.27. The second-order valence-corrected chi connectivity index (χ2v) is 3.30. The van der Waals surface area contributed by atoms with E-state index >= 15 is 0 Å². The molecule has 0 saturated carbocycles. The van der Waals surface area contributed by atoms with Gasteiger partial charge in [0.25, 0.3) is 0 Å². The summed E-state index contributed by atoms with van der Waals surface area (Å²) in [5.41, 5.74) is 5.48. The van der Waals surface area contributed by atoms with Crippen LogP contribution in [0.2, 0.25) is 0 Å². The molecule has 4 nitrogen and oxygen atoms in total. The molecule has 1 heterocycles. The van der Waals surface area contributed by atoms with Gasteiger partial charge in [-0.05, 0) is 12.5 Å². The highest BCUT2D eigenvalue weighted by Gasteiger charge is 2.18. The minimum atomic E-state index is -0.120. The third kappa shape index (κ3) is 2.79. The number of rotatable bonds is 3. The Morgan fingerprint density at radius 1 is 1.75 bits per heavy atom. The van der Waals surface area contributed by atoms with E-state index in [0.29, 0.717) is 25.6 Å². The first kappa shape index (κ1) is 9.48. The zero-order valence-electron chi connectivity index (χ0n) is 7.45. The summed E-state index contributed by atoms with van der Waals surface area (Å²) in [6.07, 6.45) is 0. The Morgan fingerprint density at radius 2 is 2.50 bits per heavy atom. The molecule has 1 unspecified atom stereocenters. The topological polar surface area (TPSA) is 55.6 Å². The van der Waals surface area contributed by atoms with Gasteiger partial charge in [-0.15, -0.1) is 0 Å². The molecule has 1 rings (SSSR count). The standard InChI is InChI=1S/C8H16N2O2/c1-7(4-9)5-10-2-3-12-8(11)6-10/h7H,2-6,9H2,1H3. The van der Waals surface area contributed by atoms with Crippen LogP contribution in [0, 0.1) is 5.92 Å². The van der Waals surface area contributed by atoms with Gasteiger partial charge in [0.2, 0.25) is 0 Å². The number of hydrogen-bond donors (Lipinski definition) is 1. The van der Waals surface area contributed by atoms with Gasteiger partial charge in [-0.25, -0.2) is 0 Å². The van der Waals surface area contributed by atoms with Crippen LogP contribution in [-0.2, 0) is 9.53 Å². The van der Waals surface area contributed by atoms with Crippen LogP contribution in [-0.4, -0.2) is 43.7 Å². The van der Waals surface area contributed by atoms with Crippen LogP contribution in [0.15, 0.2) is 0 Å². The summed E-state index contributed by atoms with van der Waals surface area (Å²) in [4.78, 5) is 12.9. The van der Waals surface area contributed by atoms with Crippen molar-refractivity contribution in [1.29, 1.82) is 0 Å². The van der Waals surface area contributed by atoms with Crippen LogP contribution < -0.4 is 5.73 Å². The summed E-state index contributed by atoms with van der Waals surface area (Å²) < 4.78 is 4.81. The zero-order chi connectivity index (χ0) is 8.97. The number of esters is 1. The maximum absolute atomic E-state index is 10.8. The van der Waals surface area contributed by atoms with E-state index < -0.39 is 0 Å². The van der Waals surface area contributed by atoms with Crippen LogP contribution >= 0.6 is 0 Å². The summed E-state index contributed by atoms with van der Waals surface area (Å²) in [6, 6.07) is 0. The van der Waals surface area contributed by atoms with E-state index in [9.17, 15) is 4.79 Å². The quantitative estimate of drug-likeness (QED) is 0.580. The molecule has 4 heteroatoms. The lowest BCUT2D eigenvalue weighted by Crippen LogP contribution is -2.42. The van der Waals surface area contributed by atoms with Crippen LogP contribution in [0.25, 0.3) is 0 Å². The smallest absolute Gasteiger partial charge is 0.320 e. The molecule has 12 heavy (non-hydrogen) atoms. The monoisotopic (exact) mass is 172 g/mol. The lowest BCUT2D eigenvalue weighted by molar-refractivity contribution is -0.150. The Bertz CT molecular complexity index is 161. The Kier molecular flexibility index (Phi) is 3.49. The molecule has 1 atom stereocenters. The fourth-order valence-corrected chi connectivity index (χ4v) is 1.27. The Morgan fingerprint density at radius 3 is 3.08 bits per heavy atom. The van der Waals surface area contributed by atoms with Gasteiger partial charge in [-0.1, -0.05) is 6.92 Å². The molecule has 0 radical (unpaired) electrons. The van der Waals surface area contributed by atoms with Crippen LogP contribution in [0.1, 0.15) is 6.92 Å². The predicted octanol–water partition coefficient (Wildman–Crippen LogP) is -0.560. The minimum absolute atomic E-state index is 0.120. The van der Waals surface area contributed by atoms with Crippen molar-refractivity contribution in [2.24, 2.45) is 11.7 Å². The van der Waals surface area contributed by atoms with Crippen molar-refractivity contribution in [2.45, 2.75) is 6.92 Å².